The second-order valence-corrected chi connectivity index (χ2v) is 9.38. The molecule has 8 nitrogen and oxygen atoms in total. The highest BCUT2D eigenvalue weighted by Crippen LogP contribution is 2.23. The van der Waals surface area contributed by atoms with Crippen molar-refractivity contribution in [3.8, 4) is 0 Å². The SMILES string of the molecule is CC1CN(c2ccc(NC(=O)NCc3ccc(Cl)cc3)cc2)C(=O)CN1C(=O)OC(C)(C)C. The summed E-state index contributed by atoms with van der Waals surface area (Å²) >= 11 is 5.86. The molecule has 4 amide bonds. The molecule has 2 N–H and O–H groups in total. The molecule has 3 rings (SSSR count). The van der Waals surface area contributed by atoms with Crippen LogP contribution in [-0.4, -0.2) is 47.7 Å². The lowest BCUT2D eigenvalue weighted by atomic mass is 10.1. The Morgan fingerprint density at radius 1 is 1.09 bits per heavy atom. The molecule has 0 radical (unpaired) electrons. The third-order valence-electron chi connectivity index (χ3n) is 5.02. The first-order valence-corrected chi connectivity index (χ1v) is 11.1. The molecule has 2 aromatic rings. The van der Waals surface area contributed by atoms with Gasteiger partial charge in [0, 0.05) is 29.5 Å². The quantitative estimate of drug-likeness (QED) is 0.678. The van der Waals surface area contributed by atoms with Crippen LogP contribution in [0.4, 0.5) is 21.0 Å². The Morgan fingerprint density at radius 2 is 1.73 bits per heavy atom. The molecule has 33 heavy (non-hydrogen) atoms. The Labute approximate surface area is 198 Å². The summed E-state index contributed by atoms with van der Waals surface area (Å²) in [6.45, 7) is 7.93. The first-order valence-electron chi connectivity index (χ1n) is 10.7. The first-order chi connectivity index (χ1) is 15.5. The Hall–Kier alpha value is -3.26. The lowest BCUT2D eigenvalue weighted by Gasteiger charge is -2.39. The maximum atomic E-state index is 12.7. The van der Waals surface area contributed by atoms with Gasteiger partial charge in [-0.2, -0.15) is 0 Å². The Morgan fingerprint density at radius 3 is 2.33 bits per heavy atom. The summed E-state index contributed by atoms with van der Waals surface area (Å²) in [4.78, 5) is 40.4. The van der Waals surface area contributed by atoms with Gasteiger partial charge < -0.3 is 20.3 Å². The first kappa shape index (κ1) is 24.4. The number of benzene rings is 2. The zero-order chi connectivity index (χ0) is 24.2. The molecule has 0 bridgehead atoms. The number of ether oxygens (including phenoxy) is 1. The number of nitrogens with zero attached hydrogens (tertiary/aromatic N) is 2. The smallest absolute Gasteiger partial charge is 0.411 e. The molecule has 0 spiro atoms. The number of halogens is 1. The molecule has 2 aromatic carbocycles. The van der Waals surface area contributed by atoms with Crippen molar-refractivity contribution in [2.24, 2.45) is 0 Å². The van der Waals surface area contributed by atoms with Crippen molar-refractivity contribution < 1.29 is 19.1 Å². The summed E-state index contributed by atoms with van der Waals surface area (Å²) in [5.41, 5.74) is 1.60. The molecule has 1 heterocycles. The van der Waals surface area contributed by atoms with E-state index in [0.717, 1.165) is 5.56 Å². The predicted molar refractivity (Wildman–Crippen MR) is 129 cm³/mol. The molecule has 9 heteroatoms. The lowest BCUT2D eigenvalue weighted by Crippen LogP contribution is -2.57. The summed E-state index contributed by atoms with van der Waals surface area (Å²) in [6.07, 6.45) is -0.493. The summed E-state index contributed by atoms with van der Waals surface area (Å²) in [7, 11) is 0. The van der Waals surface area contributed by atoms with Crippen LogP contribution in [0.3, 0.4) is 0 Å². The van der Waals surface area contributed by atoms with Gasteiger partial charge in [0.2, 0.25) is 5.91 Å². The van der Waals surface area contributed by atoms with Gasteiger partial charge in [0.05, 0.1) is 6.04 Å². The minimum absolute atomic E-state index is 0.0524. The van der Waals surface area contributed by atoms with Crippen molar-refractivity contribution >= 4 is 41.0 Å². The Kier molecular flexibility index (Phi) is 7.48. The molecular weight excluding hydrogens is 444 g/mol. The number of piperazine rings is 1. The van der Waals surface area contributed by atoms with Gasteiger partial charge in [0.25, 0.3) is 0 Å². The Bertz CT molecular complexity index is 1000. The minimum atomic E-state index is -0.624. The summed E-state index contributed by atoms with van der Waals surface area (Å²) in [5, 5.41) is 6.19. The fourth-order valence-corrected chi connectivity index (χ4v) is 3.48. The Balaban J connectivity index is 1.55. The van der Waals surface area contributed by atoms with Crippen molar-refractivity contribution in [2.45, 2.75) is 45.9 Å². The van der Waals surface area contributed by atoms with Crippen molar-refractivity contribution in [1.29, 1.82) is 0 Å². The maximum Gasteiger partial charge on any atom is 0.411 e. The molecule has 0 aliphatic carbocycles. The second kappa shape index (κ2) is 10.1. The van der Waals surface area contributed by atoms with Gasteiger partial charge in [-0.05, 0) is 69.7 Å². The van der Waals surface area contributed by atoms with Crippen molar-refractivity contribution in [2.75, 3.05) is 23.3 Å². The molecule has 1 aliphatic heterocycles. The average molecular weight is 473 g/mol. The highest BCUT2D eigenvalue weighted by molar-refractivity contribution is 6.30. The van der Waals surface area contributed by atoms with E-state index in [4.69, 9.17) is 16.3 Å². The summed E-state index contributed by atoms with van der Waals surface area (Å²) < 4.78 is 5.41. The largest absolute Gasteiger partial charge is 0.444 e. The van der Waals surface area contributed by atoms with Gasteiger partial charge in [-0.25, -0.2) is 9.59 Å². The summed E-state index contributed by atoms with van der Waals surface area (Å²) in [6, 6.07) is 13.7. The molecule has 0 aromatic heterocycles. The zero-order valence-corrected chi connectivity index (χ0v) is 20.0. The fraction of sp³-hybridized carbons (Fsp3) is 0.375. The molecule has 0 saturated carbocycles. The van der Waals surface area contributed by atoms with Gasteiger partial charge in [-0.15, -0.1) is 0 Å². The lowest BCUT2D eigenvalue weighted by molar-refractivity contribution is -0.122. The molecule has 176 valence electrons. The molecular formula is C24H29ClN4O4. The van der Waals surface area contributed by atoms with E-state index in [1.807, 2.05) is 19.1 Å². The molecule has 1 saturated heterocycles. The third-order valence-corrected chi connectivity index (χ3v) is 5.27. The van der Waals surface area contributed by atoms with Crippen LogP contribution in [-0.2, 0) is 16.1 Å². The third kappa shape index (κ3) is 6.86. The number of carbonyl (C=O) groups excluding carboxylic acids is 3. The standard InChI is InChI=1S/C24H29ClN4O4/c1-16-14-29(21(30)15-28(16)23(32)33-24(2,3)4)20-11-9-19(10-12-20)27-22(31)26-13-17-5-7-18(25)8-6-17/h5-12,16H,13-15H2,1-4H3,(H2,26,27,31). The number of carbonyl (C=O) groups is 3. The number of urea groups is 1. The van der Waals surface area contributed by atoms with E-state index < -0.39 is 11.7 Å². The van der Waals surface area contributed by atoms with E-state index in [1.54, 1.807) is 62.1 Å². The number of hydrogen-bond donors (Lipinski definition) is 2. The highest BCUT2D eigenvalue weighted by atomic mass is 35.5. The predicted octanol–water partition coefficient (Wildman–Crippen LogP) is 4.63. The van der Waals surface area contributed by atoms with E-state index in [9.17, 15) is 14.4 Å². The second-order valence-electron chi connectivity index (χ2n) is 8.94. The monoisotopic (exact) mass is 472 g/mol. The van der Waals surface area contributed by atoms with E-state index in [-0.39, 0.29) is 24.5 Å². The zero-order valence-electron chi connectivity index (χ0n) is 19.2. The van der Waals surface area contributed by atoms with Gasteiger partial charge in [0.15, 0.2) is 0 Å². The molecule has 1 aliphatic rings. The maximum absolute atomic E-state index is 12.7. The number of nitrogens with one attached hydrogen (secondary N) is 2. The van der Waals surface area contributed by atoms with Crippen LogP contribution in [0, 0.1) is 0 Å². The minimum Gasteiger partial charge on any atom is -0.444 e. The summed E-state index contributed by atoms with van der Waals surface area (Å²) in [5.74, 6) is -0.194. The molecule has 1 atom stereocenters. The normalized spacial score (nSPS) is 16.4. The van der Waals surface area contributed by atoms with Gasteiger partial charge in [0.1, 0.15) is 12.1 Å². The van der Waals surface area contributed by atoms with E-state index in [0.29, 0.717) is 29.5 Å². The molecule has 1 fully saturated rings. The van der Waals surface area contributed by atoms with Gasteiger partial charge in [-0.3, -0.25) is 9.69 Å². The number of anilines is 2. The topological polar surface area (TPSA) is 91.0 Å². The molecule has 1 unspecified atom stereocenters. The number of rotatable bonds is 4. The highest BCUT2D eigenvalue weighted by Gasteiger charge is 2.35. The van der Waals surface area contributed by atoms with E-state index in [2.05, 4.69) is 10.6 Å². The van der Waals surface area contributed by atoms with E-state index >= 15 is 0 Å². The van der Waals surface area contributed by atoms with Crippen molar-refractivity contribution in [1.82, 2.24) is 10.2 Å². The van der Waals surface area contributed by atoms with Gasteiger partial charge >= 0.3 is 12.1 Å². The van der Waals surface area contributed by atoms with Crippen molar-refractivity contribution in [3.05, 3.63) is 59.1 Å². The van der Waals surface area contributed by atoms with Crippen molar-refractivity contribution in [3.63, 3.8) is 0 Å². The average Bonchev–Trinajstić information content (AvgIpc) is 2.74. The van der Waals surface area contributed by atoms with Crippen LogP contribution in [0.5, 0.6) is 0 Å². The van der Waals surface area contributed by atoms with Crippen LogP contribution in [0.2, 0.25) is 5.02 Å². The number of amides is 4. The van der Waals surface area contributed by atoms with E-state index in [1.165, 1.54) is 4.90 Å². The van der Waals surface area contributed by atoms with Crippen LogP contribution in [0.15, 0.2) is 48.5 Å². The van der Waals surface area contributed by atoms with Gasteiger partial charge in [-0.1, -0.05) is 23.7 Å². The van der Waals surface area contributed by atoms with Crippen LogP contribution < -0.4 is 15.5 Å². The van der Waals surface area contributed by atoms with Crippen LogP contribution >= 0.6 is 11.6 Å². The van der Waals surface area contributed by atoms with Crippen LogP contribution in [0.25, 0.3) is 0 Å². The number of hydrogen-bond acceptors (Lipinski definition) is 4. The fourth-order valence-electron chi connectivity index (χ4n) is 3.35. The van der Waals surface area contributed by atoms with Crippen LogP contribution in [0.1, 0.15) is 33.3 Å².